The molecule has 1 heterocycles. The second-order valence-electron chi connectivity index (χ2n) is 3.09. The van der Waals surface area contributed by atoms with Gasteiger partial charge in [0, 0.05) is 6.54 Å². The van der Waals surface area contributed by atoms with E-state index in [0.717, 1.165) is 0 Å². The van der Waals surface area contributed by atoms with E-state index in [1.54, 1.807) is 12.1 Å². The number of carbonyl (C=O) groups is 1. The maximum absolute atomic E-state index is 10.7. The van der Waals surface area contributed by atoms with Crippen molar-refractivity contribution in [1.82, 2.24) is 4.90 Å². The molecule has 78 valence electrons. The van der Waals surface area contributed by atoms with Gasteiger partial charge in [0.25, 0.3) is 5.91 Å². The number of hydrogen-bond acceptors (Lipinski definition) is 4. The van der Waals surface area contributed by atoms with Gasteiger partial charge in [0.15, 0.2) is 5.76 Å². The van der Waals surface area contributed by atoms with Crippen molar-refractivity contribution in [2.45, 2.75) is 6.54 Å². The molecule has 0 aliphatic carbocycles. The van der Waals surface area contributed by atoms with Crippen LogP contribution in [0.2, 0.25) is 0 Å². The SMILES string of the molecule is CN(CCO)Cc1ccc(C(N)=O)o1. The smallest absolute Gasteiger partial charge is 0.284 e. The Balaban J connectivity index is 2.55. The van der Waals surface area contributed by atoms with Crippen LogP contribution in [0.3, 0.4) is 0 Å². The third-order valence-corrected chi connectivity index (χ3v) is 1.81. The molecule has 0 aliphatic rings. The van der Waals surface area contributed by atoms with Crippen LogP contribution in [-0.2, 0) is 6.54 Å². The zero-order valence-corrected chi connectivity index (χ0v) is 8.06. The Labute approximate surface area is 82.1 Å². The van der Waals surface area contributed by atoms with Crippen molar-refractivity contribution in [2.75, 3.05) is 20.2 Å². The average Bonchev–Trinajstić information content (AvgIpc) is 2.53. The number of hydrogen-bond donors (Lipinski definition) is 2. The first kappa shape index (κ1) is 10.7. The zero-order valence-electron chi connectivity index (χ0n) is 8.06. The van der Waals surface area contributed by atoms with E-state index in [0.29, 0.717) is 18.8 Å². The first-order chi connectivity index (χ1) is 6.63. The number of amides is 1. The van der Waals surface area contributed by atoms with Crippen LogP contribution in [-0.4, -0.2) is 36.1 Å². The summed E-state index contributed by atoms with van der Waals surface area (Å²) in [6.45, 7) is 1.21. The Morgan fingerprint density at radius 2 is 2.36 bits per heavy atom. The van der Waals surface area contributed by atoms with Crippen LogP contribution in [0.15, 0.2) is 16.5 Å². The van der Waals surface area contributed by atoms with Gasteiger partial charge in [-0.05, 0) is 19.2 Å². The Kier molecular flexibility index (Phi) is 3.67. The summed E-state index contributed by atoms with van der Waals surface area (Å²) >= 11 is 0. The molecule has 1 rings (SSSR count). The molecule has 1 aromatic heterocycles. The predicted molar refractivity (Wildman–Crippen MR) is 50.6 cm³/mol. The van der Waals surface area contributed by atoms with Crippen LogP contribution in [0, 0.1) is 0 Å². The molecular weight excluding hydrogens is 184 g/mol. The highest BCUT2D eigenvalue weighted by atomic mass is 16.4. The first-order valence-corrected chi connectivity index (χ1v) is 4.31. The molecule has 0 saturated carbocycles. The lowest BCUT2D eigenvalue weighted by molar-refractivity contribution is 0.0970. The molecule has 3 N–H and O–H groups in total. The topological polar surface area (TPSA) is 79.7 Å². The zero-order chi connectivity index (χ0) is 10.6. The van der Waals surface area contributed by atoms with Crippen LogP contribution in [0.5, 0.6) is 0 Å². The van der Waals surface area contributed by atoms with E-state index in [-0.39, 0.29) is 12.4 Å². The Morgan fingerprint density at radius 1 is 1.64 bits per heavy atom. The van der Waals surface area contributed by atoms with E-state index in [1.165, 1.54) is 0 Å². The lowest BCUT2D eigenvalue weighted by atomic mass is 10.4. The number of nitrogens with zero attached hydrogens (tertiary/aromatic N) is 1. The fourth-order valence-electron chi connectivity index (χ4n) is 1.11. The number of aliphatic hydroxyl groups excluding tert-OH is 1. The van der Waals surface area contributed by atoms with Crippen molar-refractivity contribution >= 4 is 5.91 Å². The van der Waals surface area contributed by atoms with Crippen LogP contribution in [0.25, 0.3) is 0 Å². The Hall–Kier alpha value is -1.33. The molecule has 0 fully saturated rings. The van der Waals surface area contributed by atoms with E-state index < -0.39 is 5.91 Å². The highest BCUT2D eigenvalue weighted by Gasteiger charge is 2.08. The quantitative estimate of drug-likeness (QED) is 0.686. The van der Waals surface area contributed by atoms with Crippen LogP contribution < -0.4 is 5.73 Å². The number of primary amides is 1. The number of furan rings is 1. The van der Waals surface area contributed by atoms with Crippen molar-refractivity contribution in [1.29, 1.82) is 0 Å². The Bertz CT molecular complexity index is 309. The lowest BCUT2D eigenvalue weighted by Crippen LogP contribution is -2.21. The molecule has 5 nitrogen and oxygen atoms in total. The van der Waals surface area contributed by atoms with Crippen LogP contribution in [0.4, 0.5) is 0 Å². The molecule has 1 aromatic rings. The van der Waals surface area contributed by atoms with Gasteiger partial charge in [-0.3, -0.25) is 9.69 Å². The van der Waals surface area contributed by atoms with Crippen LogP contribution in [0.1, 0.15) is 16.3 Å². The van der Waals surface area contributed by atoms with Crippen molar-refractivity contribution in [3.8, 4) is 0 Å². The number of aliphatic hydroxyl groups is 1. The fraction of sp³-hybridized carbons (Fsp3) is 0.444. The van der Waals surface area contributed by atoms with Gasteiger partial charge in [-0.15, -0.1) is 0 Å². The third kappa shape index (κ3) is 2.86. The molecule has 0 bridgehead atoms. The summed E-state index contributed by atoms with van der Waals surface area (Å²) in [5, 5.41) is 8.66. The van der Waals surface area contributed by atoms with E-state index in [2.05, 4.69) is 0 Å². The second-order valence-corrected chi connectivity index (χ2v) is 3.09. The van der Waals surface area contributed by atoms with Crippen LogP contribution >= 0.6 is 0 Å². The minimum atomic E-state index is -0.568. The summed E-state index contributed by atoms with van der Waals surface area (Å²) < 4.78 is 5.16. The van der Waals surface area contributed by atoms with Crippen molar-refractivity contribution in [2.24, 2.45) is 5.73 Å². The van der Waals surface area contributed by atoms with Gasteiger partial charge in [0.05, 0.1) is 13.2 Å². The van der Waals surface area contributed by atoms with Gasteiger partial charge in [-0.1, -0.05) is 0 Å². The molecule has 5 heteroatoms. The highest BCUT2D eigenvalue weighted by molar-refractivity contribution is 5.89. The molecule has 1 amide bonds. The van der Waals surface area contributed by atoms with Gasteiger partial charge in [-0.25, -0.2) is 0 Å². The van der Waals surface area contributed by atoms with Gasteiger partial charge in [0.1, 0.15) is 5.76 Å². The third-order valence-electron chi connectivity index (χ3n) is 1.81. The summed E-state index contributed by atoms with van der Waals surface area (Å²) in [4.78, 5) is 12.6. The number of carbonyl (C=O) groups excluding carboxylic acids is 1. The Morgan fingerprint density at radius 3 is 2.86 bits per heavy atom. The van der Waals surface area contributed by atoms with E-state index >= 15 is 0 Å². The van der Waals surface area contributed by atoms with E-state index in [4.69, 9.17) is 15.3 Å². The molecular formula is C9H14N2O3. The molecule has 0 aromatic carbocycles. The number of nitrogens with two attached hydrogens (primary N) is 1. The summed E-state index contributed by atoms with van der Waals surface area (Å²) in [6, 6.07) is 3.25. The molecule has 0 radical (unpaired) electrons. The summed E-state index contributed by atoms with van der Waals surface area (Å²) in [7, 11) is 1.85. The monoisotopic (exact) mass is 198 g/mol. The minimum absolute atomic E-state index is 0.0971. The van der Waals surface area contributed by atoms with Crippen molar-refractivity contribution in [3.05, 3.63) is 23.7 Å². The normalized spacial score (nSPS) is 10.8. The van der Waals surface area contributed by atoms with Crippen molar-refractivity contribution < 1.29 is 14.3 Å². The van der Waals surface area contributed by atoms with Gasteiger partial charge >= 0.3 is 0 Å². The summed E-state index contributed by atoms with van der Waals surface area (Å²) in [5.74, 6) is 0.258. The average molecular weight is 198 g/mol. The van der Waals surface area contributed by atoms with Gasteiger partial charge < -0.3 is 15.3 Å². The standard InChI is InChI=1S/C9H14N2O3/c1-11(4-5-12)6-7-2-3-8(14-7)9(10)13/h2-3,12H,4-6H2,1H3,(H2,10,13). The number of likely N-dealkylation sites (N-methyl/N-ethyl adjacent to an activating group) is 1. The second kappa shape index (κ2) is 4.78. The minimum Gasteiger partial charge on any atom is -0.455 e. The lowest BCUT2D eigenvalue weighted by Gasteiger charge is -2.12. The summed E-state index contributed by atoms with van der Waals surface area (Å²) in [5.41, 5.74) is 5.03. The molecule has 0 atom stereocenters. The number of rotatable bonds is 5. The summed E-state index contributed by atoms with van der Waals surface area (Å²) in [6.07, 6.45) is 0. The molecule has 0 unspecified atom stereocenters. The first-order valence-electron chi connectivity index (χ1n) is 4.31. The maximum atomic E-state index is 10.7. The van der Waals surface area contributed by atoms with Gasteiger partial charge in [0.2, 0.25) is 0 Å². The molecule has 0 saturated heterocycles. The largest absolute Gasteiger partial charge is 0.455 e. The maximum Gasteiger partial charge on any atom is 0.284 e. The molecule has 0 aliphatic heterocycles. The van der Waals surface area contributed by atoms with Gasteiger partial charge in [-0.2, -0.15) is 0 Å². The predicted octanol–water partition coefficient (Wildman–Crippen LogP) is -0.197. The van der Waals surface area contributed by atoms with E-state index in [9.17, 15) is 4.79 Å². The molecule has 0 spiro atoms. The highest BCUT2D eigenvalue weighted by Crippen LogP contribution is 2.08. The van der Waals surface area contributed by atoms with E-state index in [1.807, 2.05) is 11.9 Å². The fourth-order valence-corrected chi connectivity index (χ4v) is 1.11. The molecule has 14 heavy (non-hydrogen) atoms. The van der Waals surface area contributed by atoms with Crippen molar-refractivity contribution in [3.63, 3.8) is 0 Å².